The lowest BCUT2D eigenvalue weighted by atomic mass is 10.1. The Kier molecular flexibility index (Phi) is 4.72. The van der Waals surface area contributed by atoms with Crippen LogP contribution < -0.4 is 10.6 Å². The number of fused-ring (bicyclic) bond motifs is 1. The summed E-state index contributed by atoms with van der Waals surface area (Å²) < 4.78 is 0. The predicted molar refractivity (Wildman–Crippen MR) is 78.3 cm³/mol. The standard InChI is InChI=1S/C15H19N3O/c1-2-3-4-9-17-15(19)18-14-7-5-6-12-11-16-10-8-13(12)14/h5-8,10-11H,2-4,9H2,1H3,(H2,17,18,19). The second-order valence-corrected chi connectivity index (χ2v) is 4.49. The molecule has 0 aliphatic carbocycles. The van der Waals surface area contributed by atoms with E-state index in [2.05, 4.69) is 22.5 Å². The van der Waals surface area contributed by atoms with Gasteiger partial charge in [0.1, 0.15) is 0 Å². The first kappa shape index (κ1) is 13.3. The van der Waals surface area contributed by atoms with Crippen LogP contribution in [0.2, 0.25) is 0 Å². The quantitative estimate of drug-likeness (QED) is 0.805. The smallest absolute Gasteiger partial charge is 0.319 e. The van der Waals surface area contributed by atoms with Crippen LogP contribution in [-0.2, 0) is 0 Å². The topological polar surface area (TPSA) is 54.0 Å². The molecule has 0 bridgehead atoms. The van der Waals surface area contributed by atoms with E-state index >= 15 is 0 Å². The van der Waals surface area contributed by atoms with Gasteiger partial charge in [0, 0.05) is 29.7 Å². The number of carbonyl (C=O) groups is 1. The van der Waals surface area contributed by atoms with E-state index in [1.54, 1.807) is 12.4 Å². The van der Waals surface area contributed by atoms with Gasteiger partial charge in [-0.1, -0.05) is 31.9 Å². The van der Waals surface area contributed by atoms with Crippen molar-refractivity contribution in [2.24, 2.45) is 0 Å². The van der Waals surface area contributed by atoms with Crippen LogP contribution in [0.15, 0.2) is 36.7 Å². The molecule has 0 fully saturated rings. The van der Waals surface area contributed by atoms with Crippen molar-refractivity contribution in [2.75, 3.05) is 11.9 Å². The molecule has 2 amide bonds. The second-order valence-electron chi connectivity index (χ2n) is 4.49. The number of nitrogens with one attached hydrogen (secondary N) is 2. The van der Waals surface area contributed by atoms with Crippen LogP contribution in [-0.4, -0.2) is 17.6 Å². The highest BCUT2D eigenvalue weighted by molar-refractivity contribution is 6.01. The van der Waals surface area contributed by atoms with E-state index in [4.69, 9.17) is 0 Å². The Bertz CT molecular complexity index is 549. The van der Waals surface area contributed by atoms with Crippen LogP contribution >= 0.6 is 0 Å². The number of urea groups is 1. The molecular weight excluding hydrogens is 238 g/mol. The van der Waals surface area contributed by atoms with E-state index in [0.717, 1.165) is 35.7 Å². The molecule has 0 aliphatic heterocycles. The zero-order valence-corrected chi connectivity index (χ0v) is 11.1. The number of amides is 2. The highest BCUT2D eigenvalue weighted by Crippen LogP contribution is 2.21. The molecule has 0 atom stereocenters. The molecule has 1 heterocycles. The summed E-state index contributed by atoms with van der Waals surface area (Å²) in [6.07, 6.45) is 6.83. The number of nitrogens with zero attached hydrogens (tertiary/aromatic N) is 1. The molecule has 0 saturated heterocycles. The third-order valence-electron chi connectivity index (χ3n) is 2.99. The van der Waals surface area contributed by atoms with Crippen molar-refractivity contribution in [3.63, 3.8) is 0 Å². The SMILES string of the molecule is CCCCCNC(=O)Nc1cccc2cnccc12. The number of hydrogen-bond donors (Lipinski definition) is 2. The highest BCUT2D eigenvalue weighted by atomic mass is 16.2. The lowest BCUT2D eigenvalue weighted by molar-refractivity contribution is 0.252. The first-order valence-electron chi connectivity index (χ1n) is 6.69. The van der Waals surface area contributed by atoms with Crippen LogP contribution in [0.5, 0.6) is 0 Å². The maximum absolute atomic E-state index is 11.8. The number of anilines is 1. The summed E-state index contributed by atoms with van der Waals surface area (Å²) in [6.45, 7) is 2.86. The van der Waals surface area contributed by atoms with Crippen molar-refractivity contribution in [2.45, 2.75) is 26.2 Å². The molecule has 4 heteroatoms. The summed E-state index contributed by atoms with van der Waals surface area (Å²) in [7, 11) is 0. The van der Waals surface area contributed by atoms with Gasteiger partial charge in [-0.15, -0.1) is 0 Å². The number of benzene rings is 1. The van der Waals surface area contributed by atoms with Crippen molar-refractivity contribution in [3.05, 3.63) is 36.7 Å². The molecule has 0 radical (unpaired) electrons. The van der Waals surface area contributed by atoms with Gasteiger partial charge >= 0.3 is 6.03 Å². The molecule has 2 aromatic rings. The zero-order valence-electron chi connectivity index (χ0n) is 11.1. The number of carbonyl (C=O) groups excluding carboxylic acids is 1. The normalized spacial score (nSPS) is 10.4. The fourth-order valence-corrected chi connectivity index (χ4v) is 1.97. The van der Waals surface area contributed by atoms with Gasteiger partial charge in [0.15, 0.2) is 0 Å². The number of pyridine rings is 1. The van der Waals surface area contributed by atoms with Crippen molar-refractivity contribution in [1.82, 2.24) is 10.3 Å². The van der Waals surface area contributed by atoms with Gasteiger partial charge < -0.3 is 10.6 Å². The molecule has 1 aromatic carbocycles. The summed E-state index contributed by atoms with van der Waals surface area (Å²) in [4.78, 5) is 15.9. The molecular formula is C15H19N3O. The van der Waals surface area contributed by atoms with Crippen molar-refractivity contribution in [3.8, 4) is 0 Å². The first-order valence-corrected chi connectivity index (χ1v) is 6.69. The molecule has 1 aromatic heterocycles. The van der Waals surface area contributed by atoms with Crippen LogP contribution in [0.25, 0.3) is 10.8 Å². The average molecular weight is 257 g/mol. The van der Waals surface area contributed by atoms with Crippen LogP contribution in [0.3, 0.4) is 0 Å². The Morgan fingerprint density at radius 3 is 3.00 bits per heavy atom. The van der Waals surface area contributed by atoms with E-state index in [1.807, 2.05) is 24.3 Å². The maximum atomic E-state index is 11.8. The van der Waals surface area contributed by atoms with Crippen molar-refractivity contribution in [1.29, 1.82) is 0 Å². The van der Waals surface area contributed by atoms with E-state index in [9.17, 15) is 4.79 Å². The first-order chi connectivity index (χ1) is 9.31. The minimum absolute atomic E-state index is 0.152. The number of hydrogen-bond acceptors (Lipinski definition) is 2. The molecule has 0 unspecified atom stereocenters. The second kappa shape index (κ2) is 6.73. The summed E-state index contributed by atoms with van der Waals surface area (Å²) in [5, 5.41) is 7.77. The molecule has 0 saturated carbocycles. The maximum Gasteiger partial charge on any atom is 0.319 e. The van der Waals surface area contributed by atoms with Crippen LogP contribution in [0, 0.1) is 0 Å². The summed E-state index contributed by atoms with van der Waals surface area (Å²) in [6, 6.07) is 7.54. The number of aromatic nitrogens is 1. The molecule has 0 spiro atoms. The Hall–Kier alpha value is -2.10. The lowest BCUT2D eigenvalue weighted by Gasteiger charge is -2.09. The number of unbranched alkanes of at least 4 members (excludes halogenated alkanes) is 2. The van der Waals surface area contributed by atoms with E-state index in [0.29, 0.717) is 6.54 Å². The van der Waals surface area contributed by atoms with Crippen molar-refractivity contribution < 1.29 is 4.79 Å². The summed E-state index contributed by atoms with van der Waals surface area (Å²) >= 11 is 0. The molecule has 2 rings (SSSR count). The Balaban J connectivity index is 1.99. The van der Waals surface area contributed by atoms with E-state index < -0.39 is 0 Å². The summed E-state index contributed by atoms with van der Waals surface area (Å²) in [5.74, 6) is 0. The van der Waals surface area contributed by atoms with Crippen LogP contribution in [0.1, 0.15) is 26.2 Å². The molecule has 4 nitrogen and oxygen atoms in total. The molecule has 19 heavy (non-hydrogen) atoms. The predicted octanol–water partition coefficient (Wildman–Crippen LogP) is 3.55. The number of rotatable bonds is 5. The third kappa shape index (κ3) is 3.68. The highest BCUT2D eigenvalue weighted by Gasteiger charge is 2.04. The lowest BCUT2D eigenvalue weighted by Crippen LogP contribution is -2.29. The Labute approximate surface area is 113 Å². The molecule has 2 N–H and O–H groups in total. The van der Waals surface area contributed by atoms with Gasteiger partial charge in [-0.25, -0.2) is 4.79 Å². The Morgan fingerprint density at radius 2 is 2.16 bits per heavy atom. The summed E-state index contributed by atoms with van der Waals surface area (Å²) in [5.41, 5.74) is 0.813. The van der Waals surface area contributed by atoms with Gasteiger partial charge in [-0.05, 0) is 18.6 Å². The zero-order chi connectivity index (χ0) is 13.5. The van der Waals surface area contributed by atoms with Gasteiger partial charge in [-0.3, -0.25) is 4.98 Å². The largest absolute Gasteiger partial charge is 0.338 e. The minimum Gasteiger partial charge on any atom is -0.338 e. The van der Waals surface area contributed by atoms with Gasteiger partial charge in [0.25, 0.3) is 0 Å². The average Bonchev–Trinajstić information content (AvgIpc) is 2.44. The van der Waals surface area contributed by atoms with E-state index in [-0.39, 0.29) is 6.03 Å². The third-order valence-corrected chi connectivity index (χ3v) is 2.99. The van der Waals surface area contributed by atoms with Crippen molar-refractivity contribution >= 4 is 22.5 Å². The van der Waals surface area contributed by atoms with Crippen LogP contribution in [0.4, 0.5) is 10.5 Å². The van der Waals surface area contributed by atoms with Gasteiger partial charge in [0.2, 0.25) is 0 Å². The molecule has 0 aliphatic rings. The van der Waals surface area contributed by atoms with Gasteiger partial charge in [0.05, 0.1) is 5.69 Å². The minimum atomic E-state index is -0.152. The Morgan fingerprint density at radius 1 is 1.26 bits per heavy atom. The van der Waals surface area contributed by atoms with E-state index in [1.165, 1.54) is 0 Å². The van der Waals surface area contributed by atoms with Gasteiger partial charge in [-0.2, -0.15) is 0 Å². The fourth-order valence-electron chi connectivity index (χ4n) is 1.97. The fraction of sp³-hybridized carbons (Fsp3) is 0.333. The monoisotopic (exact) mass is 257 g/mol. The molecule has 100 valence electrons.